The van der Waals surface area contributed by atoms with Gasteiger partial charge in [-0.25, -0.2) is 4.98 Å². The minimum Gasteiger partial charge on any atom is -0.378 e. The van der Waals surface area contributed by atoms with Crippen LogP contribution in [0, 0.1) is 6.92 Å². The minimum atomic E-state index is -0.124. The summed E-state index contributed by atoms with van der Waals surface area (Å²) in [7, 11) is 0. The fourth-order valence-electron chi connectivity index (χ4n) is 4.07. The number of anilines is 2. The Morgan fingerprint density at radius 1 is 1.00 bits per heavy atom. The maximum Gasteiger partial charge on any atom is 0.280 e. The number of hydrogen-bond acceptors (Lipinski definition) is 5. The number of carbonyl (C=O) groups is 1. The summed E-state index contributed by atoms with van der Waals surface area (Å²) in [6, 6.07) is 17.8. The van der Waals surface area contributed by atoms with E-state index in [1.165, 1.54) is 5.01 Å². The van der Waals surface area contributed by atoms with Crippen molar-refractivity contribution in [2.24, 2.45) is 5.10 Å². The number of hydrogen-bond donors (Lipinski definition) is 0. The first-order valence-corrected chi connectivity index (χ1v) is 10.5. The molecule has 2 aliphatic heterocycles. The van der Waals surface area contributed by atoms with Crippen molar-refractivity contribution < 1.29 is 9.53 Å². The Hall–Kier alpha value is -3.51. The average molecular weight is 412 g/mol. The van der Waals surface area contributed by atoms with Crippen LogP contribution in [0.15, 0.2) is 65.3 Å². The Labute approximate surface area is 181 Å². The third kappa shape index (κ3) is 3.59. The van der Waals surface area contributed by atoms with Gasteiger partial charge in [-0.3, -0.25) is 4.79 Å². The summed E-state index contributed by atoms with van der Waals surface area (Å²) in [5.41, 5.74) is 5.10. The van der Waals surface area contributed by atoms with E-state index in [1.807, 2.05) is 49.4 Å². The molecule has 0 radical (unpaired) electrons. The summed E-state index contributed by atoms with van der Waals surface area (Å²) >= 11 is 0. The van der Waals surface area contributed by atoms with E-state index in [-0.39, 0.29) is 5.91 Å². The van der Waals surface area contributed by atoms with E-state index in [2.05, 4.69) is 35.1 Å². The lowest BCUT2D eigenvalue weighted by Crippen LogP contribution is -2.37. The molecule has 6 heteroatoms. The maximum atomic E-state index is 13.2. The van der Waals surface area contributed by atoms with Gasteiger partial charge in [-0.1, -0.05) is 36.4 Å². The largest absolute Gasteiger partial charge is 0.378 e. The maximum absolute atomic E-state index is 13.2. The van der Waals surface area contributed by atoms with Crippen molar-refractivity contribution in [3.8, 4) is 0 Å². The van der Waals surface area contributed by atoms with Crippen LogP contribution >= 0.6 is 0 Å². The molecule has 3 heterocycles. The molecule has 0 spiro atoms. The zero-order chi connectivity index (χ0) is 21.4. The van der Waals surface area contributed by atoms with Crippen molar-refractivity contribution in [2.45, 2.75) is 13.8 Å². The second kappa shape index (κ2) is 7.96. The molecular formula is C25H24N4O2. The van der Waals surface area contributed by atoms with Crippen LogP contribution in [-0.2, 0) is 9.53 Å². The smallest absolute Gasteiger partial charge is 0.280 e. The number of para-hydroxylation sites is 2. The normalized spacial score (nSPS) is 18.2. The summed E-state index contributed by atoms with van der Waals surface area (Å²) < 4.78 is 5.54. The Bertz CT molecular complexity index is 1210. The van der Waals surface area contributed by atoms with Crippen LogP contribution in [0.1, 0.15) is 18.1 Å². The molecule has 6 nitrogen and oxygen atoms in total. The zero-order valence-electron chi connectivity index (χ0n) is 17.7. The van der Waals surface area contributed by atoms with Crippen molar-refractivity contribution >= 4 is 40.1 Å². The summed E-state index contributed by atoms with van der Waals surface area (Å²) in [5, 5.41) is 7.04. The monoisotopic (exact) mass is 412 g/mol. The second-order valence-electron chi connectivity index (χ2n) is 7.84. The summed E-state index contributed by atoms with van der Waals surface area (Å²) in [4.78, 5) is 20.5. The number of ether oxygens (including phenoxy) is 1. The van der Waals surface area contributed by atoms with E-state index >= 15 is 0 Å². The second-order valence-corrected chi connectivity index (χ2v) is 7.84. The molecule has 0 N–H and O–H groups in total. The molecule has 0 atom stereocenters. The van der Waals surface area contributed by atoms with Gasteiger partial charge in [0.25, 0.3) is 5.91 Å². The topological polar surface area (TPSA) is 58.0 Å². The van der Waals surface area contributed by atoms with E-state index in [9.17, 15) is 4.79 Å². The fraction of sp³-hybridized carbons (Fsp3) is 0.240. The SMILES string of the molecule is CC1=NN(c2ccccc2)C(=O)/C1=C\c1cc2cccc(C)c2nc1N1CCOCC1. The molecule has 1 fully saturated rings. The number of morpholine rings is 1. The molecule has 156 valence electrons. The standard InChI is InChI=1S/C25H24N4O2/c1-17-7-6-8-19-15-20(24(26-23(17)19)28-11-13-31-14-12-28)16-22-18(2)27-29(25(22)30)21-9-4-3-5-10-21/h3-10,15-16H,11-14H2,1-2H3/b22-16-. The van der Waals surface area contributed by atoms with Gasteiger partial charge in [0.15, 0.2) is 0 Å². The molecule has 0 aliphatic carbocycles. The van der Waals surface area contributed by atoms with Gasteiger partial charge in [0.1, 0.15) is 5.82 Å². The van der Waals surface area contributed by atoms with Crippen LogP contribution in [0.4, 0.5) is 11.5 Å². The third-order valence-electron chi connectivity index (χ3n) is 5.73. The van der Waals surface area contributed by atoms with Gasteiger partial charge in [0.2, 0.25) is 0 Å². The van der Waals surface area contributed by atoms with E-state index in [1.54, 1.807) is 0 Å². The van der Waals surface area contributed by atoms with Crippen LogP contribution in [0.25, 0.3) is 17.0 Å². The first kappa shape index (κ1) is 19.5. The number of fused-ring (bicyclic) bond motifs is 1. The highest BCUT2D eigenvalue weighted by atomic mass is 16.5. The molecule has 1 amide bonds. The number of pyridine rings is 1. The van der Waals surface area contributed by atoms with Crippen molar-refractivity contribution in [1.82, 2.24) is 4.98 Å². The lowest BCUT2D eigenvalue weighted by Gasteiger charge is -2.29. The predicted octanol–water partition coefficient (Wildman–Crippen LogP) is 4.19. The van der Waals surface area contributed by atoms with Gasteiger partial charge in [-0.2, -0.15) is 10.1 Å². The Balaban J connectivity index is 1.61. The summed E-state index contributed by atoms with van der Waals surface area (Å²) in [6.45, 7) is 6.84. The van der Waals surface area contributed by atoms with Crippen LogP contribution in [0.5, 0.6) is 0 Å². The van der Waals surface area contributed by atoms with Gasteiger partial charge in [0, 0.05) is 24.0 Å². The number of nitrogens with zero attached hydrogens (tertiary/aromatic N) is 4. The van der Waals surface area contributed by atoms with Crippen molar-refractivity contribution in [2.75, 3.05) is 36.2 Å². The fourth-order valence-corrected chi connectivity index (χ4v) is 4.07. The van der Waals surface area contributed by atoms with E-state index in [4.69, 9.17) is 9.72 Å². The number of aromatic nitrogens is 1. The van der Waals surface area contributed by atoms with Crippen LogP contribution < -0.4 is 9.91 Å². The minimum absolute atomic E-state index is 0.124. The van der Waals surface area contributed by atoms with E-state index < -0.39 is 0 Å². The van der Waals surface area contributed by atoms with Gasteiger partial charge in [-0.05, 0) is 43.7 Å². The number of rotatable bonds is 3. The van der Waals surface area contributed by atoms with Crippen LogP contribution in [0.3, 0.4) is 0 Å². The molecule has 5 rings (SSSR count). The molecule has 3 aromatic rings. The zero-order valence-corrected chi connectivity index (χ0v) is 17.7. The quantitative estimate of drug-likeness (QED) is 0.606. The highest BCUT2D eigenvalue weighted by Crippen LogP contribution is 2.30. The van der Waals surface area contributed by atoms with Gasteiger partial charge >= 0.3 is 0 Å². The number of amides is 1. The van der Waals surface area contributed by atoms with E-state index in [0.29, 0.717) is 24.5 Å². The van der Waals surface area contributed by atoms with Gasteiger partial charge < -0.3 is 9.64 Å². The lowest BCUT2D eigenvalue weighted by atomic mass is 10.0. The van der Waals surface area contributed by atoms with Crippen LogP contribution in [0.2, 0.25) is 0 Å². The third-order valence-corrected chi connectivity index (χ3v) is 5.73. The highest BCUT2D eigenvalue weighted by Gasteiger charge is 2.29. The first-order valence-electron chi connectivity index (χ1n) is 10.5. The van der Waals surface area contributed by atoms with Gasteiger partial charge in [-0.15, -0.1) is 0 Å². The average Bonchev–Trinajstić information content (AvgIpc) is 3.08. The Kier molecular flexibility index (Phi) is 5.00. The van der Waals surface area contributed by atoms with E-state index in [0.717, 1.165) is 46.6 Å². The highest BCUT2D eigenvalue weighted by molar-refractivity contribution is 6.32. The molecule has 2 aliphatic rings. The number of aryl methyl sites for hydroxylation is 1. The van der Waals surface area contributed by atoms with Crippen molar-refractivity contribution in [1.29, 1.82) is 0 Å². The van der Waals surface area contributed by atoms with Crippen molar-refractivity contribution in [3.63, 3.8) is 0 Å². The van der Waals surface area contributed by atoms with Crippen molar-refractivity contribution in [3.05, 3.63) is 71.3 Å². The molecule has 1 aromatic heterocycles. The predicted molar refractivity (Wildman–Crippen MR) is 125 cm³/mol. The molecule has 0 unspecified atom stereocenters. The molecule has 1 saturated heterocycles. The summed E-state index contributed by atoms with van der Waals surface area (Å²) in [5.74, 6) is 0.761. The number of carbonyl (C=O) groups excluding carboxylic acids is 1. The molecular weight excluding hydrogens is 388 g/mol. The molecule has 2 aromatic carbocycles. The number of benzene rings is 2. The molecule has 0 saturated carbocycles. The Morgan fingerprint density at radius 2 is 1.77 bits per heavy atom. The lowest BCUT2D eigenvalue weighted by molar-refractivity contribution is -0.114. The van der Waals surface area contributed by atoms with Gasteiger partial charge in [0.05, 0.1) is 35.7 Å². The molecule has 0 bridgehead atoms. The first-order chi connectivity index (χ1) is 15.1. The number of hydrazone groups is 1. The molecule has 31 heavy (non-hydrogen) atoms. The summed E-state index contributed by atoms with van der Waals surface area (Å²) in [6.07, 6.45) is 1.93. The van der Waals surface area contributed by atoms with Crippen LogP contribution in [-0.4, -0.2) is 42.9 Å². The Morgan fingerprint density at radius 3 is 2.55 bits per heavy atom.